The Balaban J connectivity index is 1.53. The van der Waals surface area contributed by atoms with Gasteiger partial charge in [-0.2, -0.15) is 13.2 Å². The minimum atomic E-state index is -4.58. The summed E-state index contributed by atoms with van der Waals surface area (Å²) in [6.07, 6.45) is -1.65. The highest BCUT2D eigenvalue weighted by atomic mass is 35.5. The molecule has 0 atom stereocenters. The Morgan fingerprint density at radius 1 is 1.07 bits per heavy atom. The van der Waals surface area contributed by atoms with Crippen molar-refractivity contribution in [2.75, 3.05) is 25.0 Å². The van der Waals surface area contributed by atoms with Crippen LogP contribution in [0.4, 0.5) is 18.9 Å². The van der Waals surface area contributed by atoms with Crippen molar-refractivity contribution in [2.24, 2.45) is 5.92 Å². The lowest BCUT2D eigenvalue weighted by Gasteiger charge is -2.31. The predicted octanol–water partition coefficient (Wildman–Crippen LogP) is 5.25. The van der Waals surface area contributed by atoms with Crippen LogP contribution in [-0.2, 0) is 17.4 Å². The number of piperidine rings is 1. The summed E-state index contributed by atoms with van der Waals surface area (Å²) < 4.78 is 39.4. The van der Waals surface area contributed by atoms with Gasteiger partial charge in [-0.15, -0.1) is 0 Å². The van der Waals surface area contributed by atoms with Gasteiger partial charge in [-0.3, -0.25) is 9.69 Å². The van der Waals surface area contributed by atoms with E-state index in [1.807, 2.05) is 23.1 Å². The molecule has 1 saturated heterocycles. The molecule has 1 amide bonds. The maximum atomic E-state index is 13.1. The van der Waals surface area contributed by atoms with Crippen molar-refractivity contribution in [3.05, 3.63) is 64.7 Å². The Kier molecular flexibility index (Phi) is 6.62. The second kappa shape index (κ2) is 8.97. The summed E-state index contributed by atoms with van der Waals surface area (Å²) >= 11 is 5.89. The molecule has 1 heterocycles. The van der Waals surface area contributed by atoms with Gasteiger partial charge in [0.15, 0.2) is 0 Å². The first kappa shape index (κ1) is 20.7. The second-order valence-corrected chi connectivity index (χ2v) is 7.52. The SMILES string of the molecule is O=C(CN1CCC(Cc2ccccc2)CC1)Nc1c(Cl)cccc1C(F)(F)F. The Bertz CT molecular complexity index is 803. The average molecular weight is 411 g/mol. The number of hydrogen-bond acceptors (Lipinski definition) is 2. The fourth-order valence-electron chi connectivity index (χ4n) is 3.57. The number of likely N-dealkylation sites (tertiary alicyclic amines) is 1. The van der Waals surface area contributed by atoms with E-state index in [2.05, 4.69) is 17.4 Å². The molecule has 28 heavy (non-hydrogen) atoms. The first-order chi connectivity index (χ1) is 13.3. The fourth-order valence-corrected chi connectivity index (χ4v) is 3.79. The Labute approximate surface area is 167 Å². The molecule has 0 aliphatic carbocycles. The summed E-state index contributed by atoms with van der Waals surface area (Å²) in [7, 11) is 0. The minimum Gasteiger partial charge on any atom is -0.323 e. The number of rotatable bonds is 5. The Morgan fingerprint density at radius 2 is 1.75 bits per heavy atom. The van der Waals surface area contributed by atoms with Crippen molar-refractivity contribution in [3.8, 4) is 0 Å². The zero-order valence-corrected chi connectivity index (χ0v) is 16.1. The molecule has 3 rings (SSSR count). The molecule has 3 nitrogen and oxygen atoms in total. The van der Waals surface area contributed by atoms with Crippen LogP contribution in [0.15, 0.2) is 48.5 Å². The molecule has 1 fully saturated rings. The van der Waals surface area contributed by atoms with Crippen LogP contribution in [0.2, 0.25) is 5.02 Å². The largest absolute Gasteiger partial charge is 0.418 e. The number of para-hydroxylation sites is 1. The van der Waals surface area contributed by atoms with Gasteiger partial charge in [0.2, 0.25) is 5.91 Å². The van der Waals surface area contributed by atoms with Crippen LogP contribution in [0, 0.1) is 5.92 Å². The normalized spacial score (nSPS) is 16.1. The van der Waals surface area contributed by atoms with E-state index in [1.54, 1.807) is 0 Å². The maximum absolute atomic E-state index is 13.1. The monoisotopic (exact) mass is 410 g/mol. The molecule has 0 spiro atoms. The number of hydrogen-bond donors (Lipinski definition) is 1. The highest BCUT2D eigenvalue weighted by molar-refractivity contribution is 6.34. The highest BCUT2D eigenvalue weighted by Gasteiger charge is 2.35. The molecule has 0 bridgehead atoms. The lowest BCUT2D eigenvalue weighted by atomic mass is 9.90. The molecule has 1 aliphatic rings. The third-order valence-corrected chi connectivity index (χ3v) is 5.34. The summed E-state index contributed by atoms with van der Waals surface area (Å²) in [5.74, 6) is 0.0715. The molecule has 0 saturated carbocycles. The lowest BCUT2D eigenvalue weighted by Crippen LogP contribution is -2.39. The third-order valence-electron chi connectivity index (χ3n) is 5.02. The van der Waals surface area contributed by atoms with E-state index in [1.165, 1.54) is 17.7 Å². The van der Waals surface area contributed by atoms with Gasteiger partial charge in [0.25, 0.3) is 0 Å². The molecule has 1 aliphatic heterocycles. The van der Waals surface area contributed by atoms with Gasteiger partial charge in [-0.1, -0.05) is 48.0 Å². The number of benzene rings is 2. The topological polar surface area (TPSA) is 32.3 Å². The quantitative estimate of drug-likeness (QED) is 0.730. The molecule has 150 valence electrons. The van der Waals surface area contributed by atoms with E-state index < -0.39 is 17.6 Å². The number of nitrogens with zero attached hydrogens (tertiary/aromatic N) is 1. The Hall–Kier alpha value is -2.05. The zero-order chi connectivity index (χ0) is 20.1. The molecule has 0 radical (unpaired) electrons. The summed E-state index contributed by atoms with van der Waals surface area (Å²) in [4.78, 5) is 14.3. The molecule has 7 heteroatoms. The maximum Gasteiger partial charge on any atom is 0.418 e. The van der Waals surface area contributed by atoms with Crippen LogP contribution in [0.25, 0.3) is 0 Å². The predicted molar refractivity (Wildman–Crippen MR) is 104 cm³/mol. The number of anilines is 1. The van der Waals surface area contributed by atoms with Crippen LogP contribution in [0.5, 0.6) is 0 Å². The minimum absolute atomic E-state index is 0.0561. The van der Waals surface area contributed by atoms with Gasteiger partial charge < -0.3 is 5.32 Å². The number of halogens is 4. The van der Waals surface area contributed by atoms with Crippen molar-refractivity contribution in [3.63, 3.8) is 0 Å². The van der Waals surface area contributed by atoms with E-state index in [4.69, 9.17) is 11.6 Å². The Morgan fingerprint density at radius 3 is 2.39 bits per heavy atom. The van der Waals surface area contributed by atoms with Gasteiger partial charge in [0.05, 0.1) is 22.8 Å². The van der Waals surface area contributed by atoms with Crippen molar-refractivity contribution in [1.82, 2.24) is 4.90 Å². The van der Waals surface area contributed by atoms with Gasteiger partial charge in [-0.25, -0.2) is 0 Å². The highest BCUT2D eigenvalue weighted by Crippen LogP contribution is 2.38. The number of alkyl halides is 3. The van der Waals surface area contributed by atoms with E-state index >= 15 is 0 Å². The molecule has 0 unspecified atom stereocenters. The molecule has 2 aromatic rings. The standard InChI is InChI=1S/C21H22ClF3N2O/c22-18-8-4-7-17(21(23,24)25)20(18)26-19(28)14-27-11-9-16(10-12-27)13-15-5-2-1-3-6-15/h1-8,16H,9-14H2,(H,26,28). The van der Waals surface area contributed by atoms with Crippen LogP contribution >= 0.6 is 11.6 Å². The molecule has 0 aromatic heterocycles. The van der Waals surface area contributed by atoms with E-state index in [-0.39, 0.29) is 17.3 Å². The smallest absolute Gasteiger partial charge is 0.323 e. The zero-order valence-electron chi connectivity index (χ0n) is 15.3. The molecule has 1 N–H and O–H groups in total. The van der Waals surface area contributed by atoms with Gasteiger partial charge in [-0.05, 0) is 56.0 Å². The lowest BCUT2D eigenvalue weighted by molar-refractivity contribution is -0.137. The fraction of sp³-hybridized carbons (Fsp3) is 0.381. The van der Waals surface area contributed by atoms with Crippen LogP contribution in [0.3, 0.4) is 0 Å². The van der Waals surface area contributed by atoms with Gasteiger partial charge >= 0.3 is 6.18 Å². The van der Waals surface area contributed by atoms with Gasteiger partial charge in [0.1, 0.15) is 0 Å². The van der Waals surface area contributed by atoms with Crippen LogP contribution in [-0.4, -0.2) is 30.4 Å². The number of amides is 1. The number of nitrogens with one attached hydrogen (secondary N) is 1. The van der Waals surface area contributed by atoms with E-state index in [9.17, 15) is 18.0 Å². The first-order valence-electron chi connectivity index (χ1n) is 9.25. The van der Waals surface area contributed by atoms with Crippen LogP contribution in [0.1, 0.15) is 24.0 Å². The molecular formula is C21H22ClF3N2O. The summed E-state index contributed by atoms with van der Waals surface area (Å²) in [6.45, 7) is 1.56. The van der Waals surface area contributed by atoms with Gasteiger partial charge in [0, 0.05) is 0 Å². The summed E-state index contributed by atoms with van der Waals surface area (Å²) in [5.41, 5.74) is -0.00681. The molecule has 2 aromatic carbocycles. The summed E-state index contributed by atoms with van der Waals surface area (Å²) in [5, 5.41) is 2.23. The van der Waals surface area contributed by atoms with Crippen molar-refractivity contribution < 1.29 is 18.0 Å². The molecular weight excluding hydrogens is 389 g/mol. The number of carbonyl (C=O) groups is 1. The summed E-state index contributed by atoms with van der Waals surface area (Å²) in [6, 6.07) is 13.7. The van der Waals surface area contributed by atoms with E-state index in [0.717, 1.165) is 38.4 Å². The van der Waals surface area contributed by atoms with Crippen LogP contribution < -0.4 is 5.32 Å². The first-order valence-corrected chi connectivity index (χ1v) is 9.62. The number of carbonyl (C=O) groups excluding carboxylic acids is 1. The van der Waals surface area contributed by atoms with Crippen molar-refractivity contribution in [2.45, 2.75) is 25.4 Å². The second-order valence-electron chi connectivity index (χ2n) is 7.12. The van der Waals surface area contributed by atoms with E-state index in [0.29, 0.717) is 5.92 Å². The average Bonchev–Trinajstić information content (AvgIpc) is 2.65. The third kappa shape index (κ3) is 5.49. The van der Waals surface area contributed by atoms with Crippen molar-refractivity contribution in [1.29, 1.82) is 0 Å². The van der Waals surface area contributed by atoms with Crippen molar-refractivity contribution >= 4 is 23.2 Å².